The van der Waals surface area contributed by atoms with Crippen molar-refractivity contribution in [2.24, 2.45) is 0 Å². The molecule has 1 aromatic heterocycles. The molecule has 2 aromatic carbocycles. The molecule has 168 valence electrons. The monoisotopic (exact) mass is 433 g/mol. The first-order chi connectivity index (χ1) is 15.4. The molecule has 0 radical (unpaired) electrons. The standard InChI is InChI=1S/C26H31N3O3/c1-16-13-17(2)25-21(14-16)20(18(3)28-25)11-12-27-26(31)22-9-10-24(30)29(22)15-19-7-5-6-8-23(19)32-4/h5-8,13-14,22,28H,9-12,15H2,1-4H3,(H,27,31). The van der Waals surface area contributed by atoms with Crippen LogP contribution >= 0.6 is 0 Å². The van der Waals surface area contributed by atoms with Gasteiger partial charge in [-0.2, -0.15) is 0 Å². The molecule has 1 unspecified atom stereocenters. The van der Waals surface area contributed by atoms with E-state index in [9.17, 15) is 9.59 Å². The lowest BCUT2D eigenvalue weighted by Gasteiger charge is -2.25. The molecular weight excluding hydrogens is 402 g/mol. The van der Waals surface area contributed by atoms with Crippen LogP contribution in [0.5, 0.6) is 5.75 Å². The van der Waals surface area contributed by atoms with Crippen molar-refractivity contribution in [2.45, 2.75) is 52.6 Å². The number of benzene rings is 2. The van der Waals surface area contributed by atoms with Gasteiger partial charge in [-0.05, 0) is 56.9 Å². The molecule has 0 spiro atoms. The number of nitrogens with zero attached hydrogens (tertiary/aromatic N) is 1. The number of ether oxygens (including phenoxy) is 1. The third kappa shape index (κ3) is 4.22. The first-order valence-electron chi connectivity index (χ1n) is 11.2. The van der Waals surface area contributed by atoms with Gasteiger partial charge < -0.3 is 19.9 Å². The van der Waals surface area contributed by atoms with Crippen LogP contribution in [0.3, 0.4) is 0 Å². The largest absolute Gasteiger partial charge is 0.496 e. The molecule has 2 N–H and O–H groups in total. The van der Waals surface area contributed by atoms with Crippen LogP contribution < -0.4 is 10.1 Å². The normalized spacial score (nSPS) is 16.1. The third-order valence-electron chi connectivity index (χ3n) is 6.41. The number of aromatic amines is 1. The van der Waals surface area contributed by atoms with Gasteiger partial charge in [0.15, 0.2) is 0 Å². The molecular formula is C26H31N3O3. The number of rotatable bonds is 7. The molecule has 6 heteroatoms. The van der Waals surface area contributed by atoms with Gasteiger partial charge in [0.1, 0.15) is 11.8 Å². The van der Waals surface area contributed by atoms with E-state index in [4.69, 9.17) is 4.74 Å². The first-order valence-corrected chi connectivity index (χ1v) is 11.2. The number of amides is 2. The van der Waals surface area contributed by atoms with Crippen molar-refractivity contribution in [1.29, 1.82) is 0 Å². The number of hydrogen-bond acceptors (Lipinski definition) is 3. The minimum absolute atomic E-state index is 0.00878. The molecule has 6 nitrogen and oxygen atoms in total. The van der Waals surface area contributed by atoms with Crippen LogP contribution in [0.15, 0.2) is 36.4 Å². The number of aromatic nitrogens is 1. The maximum absolute atomic E-state index is 13.0. The zero-order valence-electron chi connectivity index (χ0n) is 19.2. The highest BCUT2D eigenvalue weighted by molar-refractivity contribution is 5.91. The minimum atomic E-state index is -0.444. The van der Waals surface area contributed by atoms with E-state index < -0.39 is 6.04 Å². The Hall–Kier alpha value is -3.28. The average Bonchev–Trinajstić information content (AvgIpc) is 3.28. The van der Waals surface area contributed by atoms with Gasteiger partial charge in [0.25, 0.3) is 0 Å². The van der Waals surface area contributed by atoms with Crippen molar-refractivity contribution in [3.8, 4) is 5.75 Å². The number of nitrogens with one attached hydrogen (secondary N) is 2. The maximum Gasteiger partial charge on any atom is 0.242 e. The van der Waals surface area contributed by atoms with Crippen LogP contribution in [0.25, 0.3) is 10.9 Å². The maximum atomic E-state index is 13.0. The minimum Gasteiger partial charge on any atom is -0.496 e. The van der Waals surface area contributed by atoms with Gasteiger partial charge >= 0.3 is 0 Å². The Morgan fingerprint density at radius 2 is 2.00 bits per heavy atom. The number of H-pyrrole nitrogens is 1. The summed E-state index contributed by atoms with van der Waals surface area (Å²) >= 11 is 0. The second kappa shape index (κ2) is 9.07. The predicted octanol–water partition coefficient (Wildman–Crippen LogP) is 3.95. The zero-order valence-corrected chi connectivity index (χ0v) is 19.2. The number of likely N-dealkylation sites (tertiary alicyclic amines) is 1. The number of fused-ring (bicyclic) bond motifs is 1. The lowest BCUT2D eigenvalue weighted by atomic mass is 10.0. The van der Waals surface area contributed by atoms with Crippen LogP contribution in [0.4, 0.5) is 0 Å². The second-order valence-electron chi connectivity index (χ2n) is 8.66. The van der Waals surface area contributed by atoms with Crippen molar-refractivity contribution in [1.82, 2.24) is 15.2 Å². The van der Waals surface area contributed by atoms with Crippen LogP contribution in [-0.2, 0) is 22.6 Å². The molecule has 0 saturated carbocycles. The number of hydrogen-bond donors (Lipinski definition) is 2. The number of para-hydroxylation sites is 1. The van der Waals surface area contributed by atoms with Crippen molar-refractivity contribution in [3.05, 3.63) is 64.3 Å². The van der Waals surface area contributed by atoms with Gasteiger partial charge in [0.05, 0.1) is 13.7 Å². The molecule has 2 heterocycles. The molecule has 0 aliphatic carbocycles. The Balaban J connectivity index is 1.43. The van der Waals surface area contributed by atoms with Crippen molar-refractivity contribution in [3.63, 3.8) is 0 Å². The fourth-order valence-electron chi connectivity index (χ4n) is 4.81. The summed E-state index contributed by atoms with van der Waals surface area (Å²) in [5.41, 5.74) is 6.91. The fourth-order valence-corrected chi connectivity index (χ4v) is 4.81. The molecule has 32 heavy (non-hydrogen) atoms. The summed E-state index contributed by atoms with van der Waals surface area (Å²) in [5.74, 6) is 0.650. The molecule has 0 bridgehead atoms. The Labute approximate surface area is 188 Å². The van der Waals surface area contributed by atoms with Crippen molar-refractivity contribution >= 4 is 22.7 Å². The van der Waals surface area contributed by atoms with Crippen LogP contribution in [0, 0.1) is 20.8 Å². The molecule has 3 aromatic rings. The first kappa shape index (κ1) is 21.9. The van der Waals surface area contributed by atoms with Gasteiger partial charge in [-0.1, -0.05) is 29.8 Å². The van der Waals surface area contributed by atoms with E-state index in [0.29, 0.717) is 25.9 Å². The summed E-state index contributed by atoms with van der Waals surface area (Å²) in [6, 6.07) is 11.6. The van der Waals surface area contributed by atoms with E-state index >= 15 is 0 Å². The fraction of sp³-hybridized carbons (Fsp3) is 0.385. The van der Waals surface area contributed by atoms with E-state index in [-0.39, 0.29) is 11.8 Å². The van der Waals surface area contributed by atoms with Gasteiger partial charge in [0.2, 0.25) is 11.8 Å². The quantitative estimate of drug-likeness (QED) is 0.592. The SMILES string of the molecule is COc1ccccc1CN1C(=O)CCC1C(=O)NCCc1c(C)[nH]c2c(C)cc(C)cc12. The highest BCUT2D eigenvalue weighted by Crippen LogP contribution is 2.28. The lowest BCUT2D eigenvalue weighted by Crippen LogP contribution is -2.44. The predicted molar refractivity (Wildman–Crippen MR) is 126 cm³/mol. The summed E-state index contributed by atoms with van der Waals surface area (Å²) in [7, 11) is 1.62. The molecule has 1 aliphatic heterocycles. The summed E-state index contributed by atoms with van der Waals surface area (Å²) in [5, 5.41) is 4.30. The summed E-state index contributed by atoms with van der Waals surface area (Å²) in [6.45, 7) is 7.21. The topological polar surface area (TPSA) is 74.4 Å². The number of carbonyl (C=O) groups excluding carboxylic acids is 2. The van der Waals surface area contributed by atoms with E-state index in [2.05, 4.69) is 43.2 Å². The Morgan fingerprint density at radius 3 is 2.78 bits per heavy atom. The van der Waals surface area contributed by atoms with Crippen LogP contribution in [-0.4, -0.2) is 41.4 Å². The average molecular weight is 434 g/mol. The smallest absolute Gasteiger partial charge is 0.242 e. The summed E-state index contributed by atoms with van der Waals surface area (Å²) in [6.07, 6.45) is 1.69. The molecule has 1 saturated heterocycles. The van der Waals surface area contributed by atoms with Gasteiger partial charge in [-0.15, -0.1) is 0 Å². The van der Waals surface area contributed by atoms with E-state index in [1.54, 1.807) is 12.0 Å². The van der Waals surface area contributed by atoms with Crippen molar-refractivity contribution in [2.75, 3.05) is 13.7 Å². The van der Waals surface area contributed by atoms with Gasteiger partial charge in [0, 0.05) is 35.1 Å². The van der Waals surface area contributed by atoms with Crippen LogP contribution in [0.2, 0.25) is 0 Å². The van der Waals surface area contributed by atoms with Crippen LogP contribution in [0.1, 0.15) is 40.8 Å². The second-order valence-corrected chi connectivity index (χ2v) is 8.66. The molecule has 1 fully saturated rings. The molecule has 1 atom stereocenters. The summed E-state index contributed by atoms with van der Waals surface area (Å²) in [4.78, 5) is 30.7. The van der Waals surface area contributed by atoms with Crippen molar-refractivity contribution < 1.29 is 14.3 Å². The van der Waals surface area contributed by atoms with E-state index in [1.165, 1.54) is 27.6 Å². The molecule has 4 rings (SSSR count). The Morgan fingerprint density at radius 1 is 1.22 bits per heavy atom. The summed E-state index contributed by atoms with van der Waals surface area (Å²) < 4.78 is 5.41. The number of carbonyl (C=O) groups is 2. The Kier molecular flexibility index (Phi) is 6.21. The van der Waals surface area contributed by atoms with Gasteiger partial charge in [-0.3, -0.25) is 9.59 Å². The number of aryl methyl sites for hydroxylation is 3. The Bertz CT molecular complexity index is 1160. The molecule has 2 amide bonds. The highest BCUT2D eigenvalue weighted by atomic mass is 16.5. The third-order valence-corrected chi connectivity index (χ3v) is 6.41. The highest BCUT2D eigenvalue weighted by Gasteiger charge is 2.36. The number of methoxy groups -OCH3 is 1. The van der Waals surface area contributed by atoms with E-state index in [0.717, 1.165) is 23.4 Å². The lowest BCUT2D eigenvalue weighted by molar-refractivity contribution is -0.135. The molecule has 1 aliphatic rings. The van der Waals surface area contributed by atoms with Gasteiger partial charge in [-0.25, -0.2) is 0 Å². The zero-order chi connectivity index (χ0) is 22.8. The van der Waals surface area contributed by atoms with E-state index in [1.807, 2.05) is 24.3 Å².